The highest BCUT2D eigenvalue weighted by atomic mass is 19.4. The summed E-state index contributed by atoms with van der Waals surface area (Å²) in [6, 6.07) is 15.2. The summed E-state index contributed by atoms with van der Waals surface area (Å²) < 4.78 is 43.1. The molecule has 29 heavy (non-hydrogen) atoms. The fourth-order valence-electron chi connectivity index (χ4n) is 3.09. The molecule has 0 fully saturated rings. The summed E-state index contributed by atoms with van der Waals surface area (Å²) in [5.74, 6) is -0.637. The fourth-order valence-corrected chi connectivity index (χ4v) is 3.09. The van der Waals surface area contributed by atoms with E-state index in [-0.39, 0.29) is 22.7 Å². The van der Waals surface area contributed by atoms with Crippen LogP contribution in [0.4, 0.5) is 13.2 Å². The van der Waals surface area contributed by atoms with E-state index in [2.05, 4.69) is 9.89 Å². The Morgan fingerprint density at radius 1 is 1.00 bits per heavy atom. The molecular formula is C21H17F3N2O3. The molecule has 0 aromatic heterocycles. The molecule has 0 atom stereocenters. The van der Waals surface area contributed by atoms with Crippen LogP contribution in [0.5, 0.6) is 11.5 Å². The molecule has 0 heterocycles. The molecule has 5 nitrogen and oxygen atoms in total. The van der Waals surface area contributed by atoms with Crippen LogP contribution in [0.1, 0.15) is 11.1 Å². The van der Waals surface area contributed by atoms with E-state index in [1.54, 1.807) is 37.3 Å². The second-order valence-corrected chi connectivity index (χ2v) is 6.31. The second-order valence-electron chi connectivity index (χ2n) is 6.31. The number of aromatic hydroxyl groups is 1. The SMILES string of the molecule is Cc1cc(/C(N)=N/O)c(-c2ccccc2OC(F)(F)F)c(-c2ccc(O)cc2)c1. The highest BCUT2D eigenvalue weighted by Crippen LogP contribution is 2.42. The predicted molar refractivity (Wildman–Crippen MR) is 103 cm³/mol. The molecule has 0 aliphatic heterocycles. The number of alkyl halides is 3. The molecule has 0 aliphatic carbocycles. The lowest BCUT2D eigenvalue weighted by molar-refractivity contribution is -0.274. The maximum atomic E-state index is 13.0. The van der Waals surface area contributed by atoms with Crippen molar-refractivity contribution in [3.05, 3.63) is 71.8 Å². The van der Waals surface area contributed by atoms with Gasteiger partial charge in [0.1, 0.15) is 11.5 Å². The second kappa shape index (κ2) is 7.75. The number of phenols is 1. The van der Waals surface area contributed by atoms with Gasteiger partial charge in [-0.15, -0.1) is 13.2 Å². The number of nitrogens with zero attached hydrogens (tertiary/aromatic N) is 1. The van der Waals surface area contributed by atoms with Gasteiger partial charge < -0.3 is 20.8 Å². The highest BCUT2D eigenvalue weighted by molar-refractivity contribution is 6.07. The molecule has 8 heteroatoms. The Hall–Kier alpha value is -3.68. The van der Waals surface area contributed by atoms with Gasteiger partial charge in [0, 0.05) is 16.7 Å². The van der Waals surface area contributed by atoms with E-state index in [9.17, 15) is 23.5 Å². The number of hydrogen-bond donors (Lipinski definition) is 3. The summed E-state index contributed by atoms with van der Waals surface area (Å²) in [7, 11) is 0. The van der Waals surface area contributed by atoms with E-state index in [0.29, 0.717) is 16.7 Å². The van der Waals surface area contributed by atoms with Gasteiger partial charge in [0.2, 0.25) is 0 Å². The Bertz CT molecular complexity index is 1060. The van der Waals surface area contributed by atoms with E-state index >= 15 is 0 Å². The van der Waals surface area contributed by atoms with Gasteiger partial charge in [-0.2, -0.15) is 0 Å². The molecule has 0 saturated heterocycles. The summed E-state index contributed by atoms with van der Waals surface area (Å²) in [5, 5.41) is 21.8. The zero-order valence-electron chi connectivity index (χ0n) is 15.2. The largest absolute Gasteiger partial charge is 0.573 e. The number of para-hydroxylation sites is 1. The molecule has 3 aromatic carbocycles. The maximum Gasteiger partial charge on any atom is 0.573 e. The third kappa shape index (κ3) is 4.43. The van der Waals surface area contributed by atoms with Gasteiger partial charge in [-0.1, -0.05) is 41.6 Å². The van der Waals surface area contributed by atoms with Gasteiger partial charge in [-0.25, -0.2) is 0 Å². The van der Waals surface area contributed by atoms with Gasteiger partial charge in [0.05, 0.1) is 0 Å². The number of ether oxygens (including phenoxy) is 1. The van der Waals surface area contributed by atoms with E-state index in [1.807, 2.05) is 0 Å². The molecule has 0 aliphatic rings. The molecule has 0 bridgehead atoms. The van der Waals surface area contributed by atoms with Crippen molar-refractivity contribution in [3.63, 3.8) is 0 Å². The summed E-state index contributed by atoms with van der Waals surface area (Å²) in [6.07, 6.45) is -4.89. The zero-order valence-corrected chi connectivity index (χ0v) is 15.2. The first kappa shape index (κ1) is 20.1. The normalized spacial score (nSPS) is 12.1. The van der Waals surface area contributed by atoms with E-state index in [1.165, 1.54) is 30.3 Å². The summed E-state index contributed by atoms with van der Waals surface area (Å²) in [4.78, 5) is 0. The van der Waals surface area contributed by atoms with Crippen LogP contribution in [0.2, 0.25) is 0 Å². The lowest BCUT2D eigenvalue weighted by atomic mass is 9.88. The summed E-state index contributed by atoms with van der Waals surface area (Å²) in [6.45, 7) is 1.78. The molecule has 0 spiro atoms. The summed E-state index contributed by atoms with van der Waals surface area (Å²) in [5.41, 5.74) is 8.41. The monoisotopic (exact) mass is 402 g/mol. The number of rotatable bonds is 4. The van der Waals surface area contributed by atoms with Gasteiger partial charge in [-0.05, 0) is 47.9 Å². The highest BCUT2D eigenvalue weighted by Gasteiger charge is 2.33. The number of oxime groups is 1. The van der Waals surface area contributed by atoms with Crippen molar-refractivity contribution in [2.75, 3.05) is 0 Å². The number of aryl methyl sites for hydroxylation is 1. The quantitative estimate of drug-likeness (QED) is 0.247. The Balaban J connectivity index is 2.37. The predicted octanol–water partition coefficient (Wildman–Crippen LogP) is 5.03. The first-order valence-electron chi connectivity index (χ1n) is 8.46. The van der Waals surface area contributed by atoms with E-state index < -0.39 is 12.1 Å². The zero-order chi connectivity index (χ0) is 21.2. The van der Waals surface area contributed by atoms with Crippen LogP contribution in [0.25, 0.3) is 22.3 Å². The lowest BCUT2D eigenvalue weighted by Gasteiger charge is -2.19. The standard InChI is InChI=1S/C21H17F3N2O3/c1-12-10-16(13-6-8-14(27)9-7-13)19(17(11-12)20(25)26-28)15-4-2-3-5-18(15)29-21(22,23)24/h2-11,27-28H,1H3,(H2,25,26). The number of amidine groups is 1. The van der Waals surface area contributed by atoms with E-state index in [4.69, 9.17) is 5.73 Å². The van der Waals surface area contributed by atoms with Gasteiger partial charge >= 0.3 is 6.36 Å². The molecule has 3 rings (SSSR count). The first-order valence-corrected chi connectivity index (χ1v) is 8.46. The van der Waals surface area contributed by atoms with Crippen molar-refractivity contribution >= 4 is 5.84 Å². The van der Waals surface area contributed by atoms with Gasteiger partial charge in [0.25, 0.3) is 0 Å². The Morgan fingerprint density at radius 2 is 1.66 bits per heavy atom. The number of hydrogen-bond acceptors (Lipinski definition) is 4. The minimum absolute atomic E-state index is 0.0421. The number of nitrogens with two attached hydrogens (primary N) is 1. The minimum Gasteiger partial charge on any atom is -0.508 e. The lowest BCUT2D eigenvalue weighted by Crippen LogP contribution is -2.19. The van der Waals surface area contributed by atoms with Gasteiger partial charge in [0.15, 0.2) is 5.84 Å². The van der Waals surface area contributed by atoms with Crippen LogP contribution >= 0.6 is 0 Å². The van der Waals surface area contributed by atoms with Crippen LogP contribution in [0, 0.1) is 6.92 Å². The van der Waals surface area contributed by atoms with Gasteiger partial charge in [-0.3, -0.25) is 0 Å². The van der Waals surface area contributed by atoms with Crippen LogP contribution in [0.15, 0.2) is 65.8 Å². The molecule has 3 aromatic rings. The van der Waals surface area contributed by atoms with Crippen molar-refractivity contribution in [2.45, 2.75) is 13.3 Å². The molecule has 0 saturated carbocycles. The number of benzene rings is 3. The van der Waals surface area contributed by atoms with E-state index in [0.717, 1.165) is 5.56 Å². The molecule has 150 valence electrons. The molecule has 0 radical (unpaired) electrons. The smallest absolute Gasteiger partial charge is 0.508 e. The molecule has 0 unspecified atom stereocenters. The summed E-state index contributed by atoms with van der Waals surface area (Å²) >= 11 is 0. The molecular weight excluding hydrogens is 385 g/mol. The van der Waals surface area contributed by atoms with Crippen LogP contribution in [0.3, 0.4) is 0 Å². The Morgan fingerprint density at radius 3 is 2.28 bits per heavy atom. The Labute approximate surface area is 164 Å². The van der Waals surface area contributed by atoms with Crippen molar-refractivity contribution in [2.24, 2.45) is 10.9 Å². The third-order valence-electron chi connectivity index (χ3n) is 4.23. The average molecular weight is 402 g/mol. The van der Waals surface area contributed by atoms with Crippen molar-refractivity contribution in [3.8, 4) is 33.8 Å². The molecule has 0 amide bonds. The fraction of sp³-hybridized carbons (Fsp3) is 0.0952. The van der Waals surface area contributed by atoms with Crippen LogP contribution in [-0.4, -0.2) is 22.5 Å². The van der Waals surface area contributed by atoms with Crippen LogP contribution < -0.4 is 10.5 Å². The number of halogens is 3. The van der Waals surface area contributed by atoms with Crippen molar-refractivity contribution in [1.82, 2.24) is 0 Å². The van der Waals surface area contributed by atoms with Crippen molar-refractivity contribution < 1.29 is 28.2 Å². The third-order valence-corrected chi connectivity index (χ3v) is 4.23. The molecule has 4 N–H and O–H groups in total. The topological polar surface area (TPSA) is 88.1 Å². The van der Waals surface area contributed by atoms with Crippen molar-refractivity contribution in [1.29, 1.82) is 0 Å². The average Bonchev–Trinajstić information content (AvgIpc) is 2.67. The Kier molecular flexibility index (Phi) is 5.36. The first-order chi connectivity index (χ1) is 13.7. The number of phenolic OH excluding ortho intramolecular Hbond substituents is 1. The van der Waals surface area contributed by atoms with Crippen LogP contribution in [-0.2, 0) is 0 Å². The minimum atomic E-state index is -4.89. The maximum absolute atomic E-state index is 13.0.